The van der Waals surface area contributed by atoms with E-state index in [1.807, 2.05) is 13.8 Å². The summed E-state index contributed by atoms with van der Waals surface area (Å²) in [6.07, 6.45) is 1.68. The van der Waals surface area contributed by atoms with Gasteiger partial charge in [-0.2, -0.15) is 0 Å². The predicted molar refractivity (Wildman–Crippen MR) is 67.1 cm³/mol. The molecule has 98 valence electrons. The minimum atomic E-state index is -0.508. The van der Waals surface area contributed by atoms with E-state index in [1.54, 1.807) is 12.1 Å². The van der Waals surface area contributed by atoms with E-state index in [2.05, 4.69) is 15.0 Å². The van der Waals surface area contributed by atoms with Crippen LogP contribution in [0, 0.1) is 0 Å². The second-order valence-electron chi connectivity index (χ2n) is 4.57. The minimum absolute atomic E-state index is 0.183. The SMILES string of the molecule is COC(=O)c1cc(NC(C)(C)CC(N)=O)ccn1. The average Bonchev–Trinajstić information content (AvgIpc) is 2.25. The summed E-state index contributed by atoms with van der Waals surface area (Å²) in [5.74, 6) is -0.902. The van der Waals surface area contributed by atoms with Gasteiger partial charge < -0.3 is 15.8 Å². The Kier molecular flexibility index (Phi) is 4.25. The van der Waals surface area contributed by atoms with E-state index in [4.69, 9.17) is 5.73 Å². The molecular weight excluding hydrogens is 234 g/mol. The zero-order valence-electron chi connectivity index (χ0n) is 10.7. The Morgan fingerprint density at radius 1 is 1.50 bits per heavy atom. The number of primary amides is 1. The van der Waals surface area contributed by atoms with Gasteiger partial charge in [-0.1, -0.05) is 0 Å². The van der Waals surface area contributed by atoms with E-state index in [9.17, 15) is 9.59 Å². The van der Waals surface area contributed by atoms with Gasteiger partial charge >= 0.3 is 5.97 Å². The fraction of sp³-hybridized carbons (Fsp3) is 0.417. The van der Waals surface area contributed by atoms with Gasteiger partial charge in [0.25, 0.3) is 0 Å². The molecule has 0 aliphatic rings. The summed E-state index contributed by atoms with van der Waals surface area (Å²) in [4.78, 5) is 26.1. The molecule has 0 atom stereocenters. The number of hydrogen-bond donors (Lipinski definition) is 2. The van der Waals surface area contributed by atoms with Gasteiger partial charge in [0.15, 0.2) is 0 Å². The first kappa shape index (κ1) is 14.0. The van der Waals surface area contributed by atoms with Gasteiger partial charge in [0, 0.05) is 23.8 Å². The molecule has 0 aliphatic heterocycles. The van der Waals surface area contributed by atoms with Crippen molar-refractivity contribution >= 4 is 17.6 Å². The molecule has 1 aromatic rings. The third-order valence-corrected chi connectivity index (χ3v) is 2.25. The number of nitrogens with two attached hydrogens (primary N) is 1. The van der Waals surface area contributed by atoms with Crippen molar-refractivity contribution in [2.45, 2.75) is 25.8 Å². The van der Waals surface area contributed by atoms with Crippen LogP contribution in [0.2, 0.25) is 0 Å². The summed E-state index contributed by atoms with van der Waals surface area (Å²) in [5.41, 5.74) is 5.55. The van der Waals surface area contributed by atoms with E-state index < -0.39 is 17.4 Å². The van der Waals surface area contributed by atoms with Crippen molar-refractivity contribution in [3.63, 3.8) is 0 Å². The van der Waals surface area contributed by atoms with Crippen molar-refractivity contribution in [3.8, 4) is 0 Å². The molecular formula is C12H17N3O3. The molecule has 0 aliphatic carbocycles. The van der Waals surface area contributed by atoms with Crippen LogP contribution in [0.4, 0.5) is 5.69 Å². The van der Waals surface area contributed by atoms with Crippen molar-refractivity contribution in [3.05, 3.63) is 24.0 Å². The maximum Gasteiger partial charge on any atom is 0.356 e. The number of anilines is 1. The van der Waals surface area contributed by atoms with Crippen LogP contribution in [0.3, 0.4) is 0 Å². The largest absolute Gasteiger partial charge is 0.464 e. The summed E-state index contributed by atoms with van der Waals surface area (Å²) in [6, 6.07) is 3.27. The highest BCUT2D eigenvalue weighted by atomic mass is 16.5. The first-order chi connectivity index (χ1) is 8.34. The number of hydrogen-bond acceptors (Lipinski definition) is 5. The second kappa shape index (κ2) is 5.48. The summed E-state index contributed by atoms with van der Waals surface area (Å²) < 4.78 is 4.58. The highest BCUT2D eigenvalue weighted by molar-refractivity contribution is 5.88. The lowest BCUT2D eigenvalue weighted by Gasteiger charge is -2.26. The van der Waals surface area contributed by atoms with Gasteiger partial charge in [0.1, 0.15) is 5.69 Å². The molecule has 0 saturated carbocycles. The highest BCUT2D eigenvalue weighted by Crippen LogP contribution is 2.18. The van der Waals surface area contributed by atoms with Crippen molar-refractivity contribution in [2.75, 3.05) is 12.4 Å². The van der Waals surface area contributed by atoms with Crippen LogP contribution >= 0.6 is 0 Å². The van der Waals surface area contributed by atoms with Crippen LogP contribution < -0.4 is 11.1 Å². The summed E-state index contributed by atoms with van der Waals surface area (Å²) >= 11 is 0. The normalized spacial score (nSPS) is 10.8. The van der Waals surface area contributed by atoms with Crippen molar-refractivity contribution in [1.82, 2.24) is 4.98 Å². The number of carbonyl (C=O) groups excluding carboxylic acids is 2. The summed E-state index contributed by atoms with van der Waals surface area (Å²) in [6.45, 7) is 3.69. The van der Waals surface area contributed by atoms with E-state index in [0.29, 0.717) is 5.69 Å². The Labute approximate surface area is 106 Å². The average molecular weight is 251 g/mol. The first-order valence-corrected chi connectivity index (χ1v) is 5.45. The number of rotatable bonds is 5. The van der Waals surface area contributed by atoms with Crippen LogP contribution in [-0.4, -0.2) is 29.5 Å². The molecule has 18 heavy (non-hydrogen) atoms. The molecule has 1 heterocycles. The number of carbonyl (C=O) groups is 2. The Bertz CT molecular complexity index is 458. The van der Waals surface area contributed by atoms with Crippen LogP contribution in [0.5, 0.6) is 0 Å². The smallest absolute Gasteiger partial charge is 0.356 e. The molecule has 0 fully saturated rings. The van der Waals surface area contributed by atoms with E-state index in [0.717, 1.165) is 0 Å². The minimum Gasteiger partial charge on any atom is -0.464 e. The Morgan fingerprint density at radius 2 is 2.17 bits per heavy atom. The van der Waals surface area contributed by atoms with Crippen molar-refractivity contribution in [1.29, 1.82) is 0 Å². The zero-order valence-corrected chi connectivity index (χ0v) is 10.7. The van der Waals surface area contributed by atoms with Crippen LogP contribution in [0.1, 0.15) is 30.8 Å². The van der Waals surface area contributed by atoms with Gasteiger partial charge in [-0.3, -0.25) is 4.79 Å². The lowest BCUT2D eigenvalue weighted by molar-refractivity contribution is -0.118. The number of pyridine rings is 1. The van der Waals surface area contributed by atoms with Gasteiger partial charge in [0.05, 0.1) is 7.11 Å². The fourth-order valence-corrected chi connectivity index (χ4v) is 1.60. The zero-order chi connectivity index (χ0) is 13.8. The number of nitrogens with zero attached hydrogens (tertiary/aromatic N) is 1. The molecule has 0 unspecified atom stereocenters. The molecule has 0 bridgehead atoms. The van der Waals surface area contributed by atoms with Crippen LogP contribution in [-0.2, 0) is 9.53 Å². The van der Waals surface area contributed by atoms with Crippen molar-refractivity contribution in [2.24, 2.45) is 5.73 Å². The van der Waals surface area contributed by atoms with Crippen molar-refractivity contribution < 1.29 is 14.3 Å². The van der Waals surface area contributed by atoms with E-state index in [-0.39, 0.29) is 12.1 Å². The molecule has 0 aromatic carbocycles. The lowest BCUT2D eigenvalue weighted by atomic mass is 10.00. The molecule has 0 radical (unpaired) electrons. The van der Waals surface area contributed by atoms with Gasteiger partial charge in [-0.05, 0) is 26.0 Å². The molecule has 0 saturated heterocycles. The Balaban J connectivity index is 2.85. The molecule has 6 heteroatoms. The number of ether oxygens (including phenoxy) is 1. The number of esters is 1. The lowest BCUT2D eigenvalue weighted by Crippen LogP contribution is -2.36. The molecule has 3 N–H and O–H groups in total. The maximum atomic E-state index is 11.3. The summed E-state index contributed by atoms with van der Waals surface area (Å²) in [7, 11) is 1.29. The number of methoxy groups -OCH3 is 1. The van der Waals surface area contributed by atoms with Crippen LogP contribution in [0.25, 0.3) is 0 Å². The van der Waals surface area contributed by atoms with E-state index >= 15 is 0 Å². The molecule has 1 amide bonds. The second-order valence-corrected chi connectivity index (χ2v) is 4.57. The standard InChI is InChI=1S/C12H17N3O3/c1-12(2,7-10(13)16)15-8-4-5-14-9(6-8)11(17)18-3/h4-6H,7H2,1-3H3,(H2,13,16)(H,14,15). The molecule has 1 aromatic heterocycles. The first-order valence-electron chi connectivity index (χ1n) is 5.45. The quantitative estimate of drug-likeness (QED) is 0.759. The van der Waals surface area contributed by atoms with Gasteiger partial charge in [-0.15, -0.1) is 0 Å². The number of amides is 1. The fourth-order valence-electron chi connectivity index (χ4n) is 1.60. The Hall–Kier alpha value is -2.11. The Morgan fingerprint density at radius 3 is 2.72 bits per heavy atom. The summed E-state index contributed by atoms with van der Waals surface area (Å²) in [5, 5.41) is 3.12. The molecule has 1 rings (SSSR count). The molecule has 6 nitrogen and oxygen atoms in total. The topological polar surface area (TPSA) is 94.3 Å². The van der Waals surface area contributed by atoms with Crippen LogP contribution in [0.15, 0.2) is 18.3 Å². The maximum absolute atomic E-state index is 11.3. The number of aromatic nitrogens is 1. The molecule has 0 spiro atoms. The highest BCUT2D eigenvalue weighted by Gasteiger charge is 2.20. The number of nitrogens with one attached hydrogen (secondary N) is 1. The monoisotopic (exact) mass is 251 g/mol. The van der Waals surface area contributed by atoms with E-state index in [1.165, 1.54) is 13.3 Å². The van der Waals surface area contributed by atoms with Gasteiger partial charge in [-0.25, -0.2) is 9.78 Å². The third kappa shape index (κ3) is 4.04. The predicted octanol–water partition coefficient (Wildman–Crippen LogP) is 0.934. The van der Waals surface area contributed by atoms with Gasteiger partial charge in [0.2, 0.25) is 5.91 Å². The third-order valence-electron chi connectivity index (χ3n) is 2.25.